The highest BCUT2D eigenvalue weighted by Crippen LogP contribution is 2.21. The van der Waals surface area contributed by atoms with E-state index in [0.717, 1.165) is 5.56 Å². The van der Waals surface area contributed by atoms with Gasteiger partial charge in [0.15, 0.2) is 0 Å². The molecule has 0 saturated heterocycles. The Hall–Kier alpha value is -2.50. The first-order valence-electron chi connectivity index (χ1n) is 5.55. The predicted octanol–water partition coefficient (Wildman–Crippen LogP) is 1.09. The Morgan fingerprint density at radius 3 is 2.84 bits per heavy atom. The third kappa shape index (κ3) is 4.34. The number of terminal acetylenes is 1. The van der Waals surface area contributed by atoms with Crippen LogP contribution >= 0.6 is 0 Å². The molecule has 0 heterocycles. The van der Waals surface area contributed by atoms with Crippen molar-refractivity contribution in [2.45, 2.75) is 6.54 Å². The molecule has 1 N–H and O–H groups in total. The van der Waals surface area contributed by atoms with Crippen LogP contribution in [0.5, 0.6) is 5.75 Å². The van der Waals surface area contributed by atoms with Crippen molar-refractivity contribution in [1.82, 2.24) is 4.90 Å². The van der Waals surface area contributed by atoms with Gasteiger partial charge in [0.05, 0.1) is 31.8 Å². The summed E-state index contributed by atoms with van der Waals surface area (Å²) in [5, 5.41) is 17.7. The first-order valence-corrected chi connectivity index (χ1v) is 5.55. The third-order valence-electron chi connectivity index (χ3n) is 2.48. The molecule has 0 radical (unpaired) electrons. The minimum atomic E-state index is -0.953. The van der Waals surface area contributed by atoms with Crippen molar-refractivity contribution >= 4 is 5.97 Å². The Morgan fingerprint density at radius 1 is 1.58 bits per heavy atom. The van der Waals surface area contributed by atoms with Gasteiger partial charge in [-0.2, -0.15) is 5.26 Å². The highest BCUT2D eigenvalue weighted by molar-refractivity contribution is 5.69. The van der Waals surface area contributed by atoms with Gasteiger partial charge in [-0.15, -0.1) is 6.42 Å². The number of benzene rings is 1. The number of carbonyl (C=O) groups is 1. The lowest BCUT2D eigenvalue weighted by Gasteiger charge is -2.19. The minimum Gasteiger partial charge on any atom is -0.496 e. The van der Waals surface area contributed by atoms with E-state index in [9.17, 15) is 4.79 Å². The van der Waals surface area contributed by atoms with Crippen LogP contribution in [0.4, 0.5) is 0 Å². The zero-order valence-corrected chi connectivity index (χ0v) is 10.6. The van der Waals surface area contributed by atoms with Gasteiger partial charge in [0.1, 0.15) is 5.75 Å². The second kappa shape index (κ2) is 7.05. The Labute approximate surface area is 112 Å². The van der Waals surface area contributed by atoms with Gasteiger partial charge in [0.2, 0.25) is 0 Å². The second-order valence-corrected chi connectivity index (χ2v) is 3.88. The highest BCUT2D eigenvalue weighted by Gasteiger charge is 2.12. The molecule has 1 aromatic carbocycles. The van der Waals surface area contributed by atoms with Gasteiger partial charge in [-0.05, 0) is 18.2 Å². The fraction of sp³-hybridized carbons (Fsp3) is 0.286. The van der Waals surface area contributed by atoms with E-state index in [-0.39, 0.29) is 13.1 Å². The van der Waals surface area contributed by atoms with Crippen molar-refractivity contribution in [1.29, 1.82) is 5.26 Å². The number of carboxylic acid groups (broad SMARTS) is 1. The van der Waals surface area contributed by atoms with E-state index >= 15 is 0 Å². The molecule has 1 aromatic rings. The molecule has 0 bridgehead atoms. The summed E-state index contributed by atoms with van der Waals surface area (Å²) in [6, 6.07) is 7.03. The molecule has 0 fully saturated rings. The fourth-order valence-corrected chi connectivity index (χ4v) is 1.70. The van der Waals surface area contributed by atoms with Gasteiger partial charge in [-0.1, -0.05) is 5.92 Å². The topological polar surface area (TPSA) is 73.6 Å². The molecule has 0 atom stereocenters. The molecular formula is C14H14N2O3. The summed E-state index contributed by atoms with van der Waals surface area (Å²) in [6.07, 6.45) is 5.22. The maximum absolute atomic E-state index is 10.8. The van der Waals surface area contributed by atoms with Crippen molar-refractivity contribution in [3.05, 3.63) is 29.3 Å². The van der Waals surface area contributed by atoms with Crippen molar-refractivity contribution in [2.24, 2.45) is 0 Å². The molecule has 5 heteroatoms. The van der Waals surface area contributed by atoms with Gasteiger partial charge < -0.3 is 9.84 Å². The van der Waals surface area contributed by atoms with Crippen LogP contribution in [-0.2, 0) is 11.3 Å². The number of ether oxygens (including phenoxy) is 1. The van der Waals surface area contributed by atoms with Crippen LogP contribution in [0.1, 0.15) is 11.1 Å². The highest BCUT2D eigenvalue weighted by atomic mass is 16.5. The molecule has 0 aromatic heterocycles. The molecule has 0 aliphatic carbocycles. The molecule has 0 amide bonds. The third-order valence-corrected chi connectivity index (χ3v) is 2.48. The van der Waals surface area contributed by atoms with Crippen LogP contribution in [-0.4, -0.2) is 36.2 Å². The summed E-state index contributed by atoms with van der Waals surface area (Å²) in [4.78, 5) is 12.3. The molecule has 1 rings (SSSR count). The van der Waals surface area contributed by atoms with Crippen molar-refractivity contribution in [2.75, 3.05) is 20.2 Å². The number of methoxy groups -OCH3 is 1. The number of aliphatic carboxylic acids is 1. The lowest BCUT2D eigenvalue weighted by Crippen LogP contribution is -2.29. The average molecular weight is 258 g/mol. The standard InChI is InChI=1S/C14H14N2O3/c1-3-6-16(10-14(17)18)9-12-7-11(8-15)4-5-13(12)19-2/h1,4-5,7H,6,9-10H2,2H3,(H,17,18). The SMILES string of the molecule is C#CCN(CC(=O)O)Cc1cc(C#N)ccc1OC. The Kier molecular flexibility index (Phi) is 5.40. The molecule has 0 saturated carbocycles. The number of hydrogen-bond donors (Lipinski definition) is 1. The van der Waals surface area contributed by atoms with Crippen LogP contribution in [0.15, 0.2) is 18.2 Å². The lowest BCUT2D eigenvalue weighted by atomic mass is 10.1. The van der Waals surface area contributed by atoms with Gasteiger partial charge in [0.25, 0.3) is 0 Å². The largest absolute Gasteiger partial charge is 0.496 e. The molecule has 98 valence electrons. The number of nitrogens with zero attached hydrogens (tertiary/aromatic N) is 2. The van der Waals surface area contributed by atoms with Gasteiger partial charge in [-0.25, -0.2) is 0 Å². The van der Waals surface area contributed by atoms with Crippen LogP contribution in [0.3, 0.4) is 0 Å². The van der Waals surface area contributed by atoms with Crippen molar-refractivity contribution in [3.63, 3.8) is 0 Å². The zero-order valence-electron chi connectivity index (χ0n) is 10.6. The molecule has 0 spiro atoms. The van der Waals surface area contributed by atoms with Gasteiger partial charge in [0, 0.05) is 12.1 Å². The van der Waals surface area contributed by atoms with Crippen molar-refractivity contribution < 1.29 is 14.6 Å². The summed E-state index contributed by atoms with van der Waals surface area (Å²) < 4.78 is 5.19. The molecule has 0 aliphatic rings. The number of carboxylic acids is 1. The lowest BCUT2D eigenvalue weighted by molar-refractivity contribution is -0.138. The zero-order chi connectivity index (χ0) is 14.3. The van der Waals surface area contributed by atoms with Gasteiger partial charge >= 0.3 is 5.97 Å². The quantitative estimate of drug-likeness (QED) is 0.773. The number of nitriles is 1. The maximum Gasteiger partial charge on any atom is 0.317 e. The van der Waals surface area contributed by atoms with E-state index < -0.39 is 5.97 Å². The Bertz CT molecular complexity index is 541. The minimum absolute atomic E-state index is 0.163. The van der Waals surface area contributed by atoms with E-state index in [1.165, 1.54) is 7.11 Å². The fourth-order valence-electron chi connectivity index (χ4n) is 1.70. The van der Waals surface area contributed by atoms with Crippen LogP contribution in [0, 0.1) is 23.7 Å². The molecule has 19 heavy (non-hydrogen) atoms. The number of hydrogen-bond acceptors (Lipinski definition) is 4. The van der Waals surface area contributed by atoms with Gasteiger partial charge in [-0.3, -0.25) is 9.69 Å². The molecule has 0 aliphatic heterocycles. The second-order valence-electron chi connectivity index (χ2n) is 3.88. The Morgan fingerprint density at radius 2 is 2.32 bits per heavy atom. The summed E-state index contributed by atoms with van der Waals surface area (Å²) >= 11 is 0. The van der Waals surface area contributed by atoms with E-state index in [1.807, 2.05) is 6.07 Å². The van der Waals surface area contributed by atoms with E-state index in [1.54, 1.807) is 23.1 Å². The molecule has 5 nitrogen and oxygen atoms in total. The van der Waals surface area contributed by atoms with Crippen LogP contribution in [0.2, 0.25) is 0 Å². The molecule has 0 unspecified atom stereocenters. The molecular weight excluding hydrogens is 244 g/mol. The monoisotopic (exact) mass is 258 g/mol. The maximum atomic E-state index is 10.8. The predicted molar refractivity (Wildman–Crippen MR) is 69.5 cm³/mol. The van der Waals surface area contributed by atoms with Crippen molar-refractivity contribution in [3.8, 4) is 24.2 Å². The van der Waals surface area contributed by atoms with Crippen LogP contribution < -0.4 is 4.74 Å². The average Bonchev–Trinajstić information content (AvgIpc) is 2.38. The smallest absolute Gasteiger partial charge is 0.317 e. The Balaban J connectivity index is 2.97. The normalized spacial score (nSPS) is 9.68. The summed E-state index contributed by atoms with van der Waals surface area (Å²) in [6.45, 7) is 0.367. The number of rotatable bonds is 6. The first-order chi connectivity index (χ1) is 9.10. The first kappa shape index (κ1) is 14.6. The van der Waals surface area contributed by atoms with E-state index in [0.29, 0.717) is 17.9 Å². The summed E-state index contributed by atoms with van der Waals surface area (Å²) in [5.41, 5.74) is 1.23. The van der Waals surface area contributed by atoms with Crippen LogP contribution in [0.25, 0.3) is 0 Å². The summed E-state index contributed by atoms with van der Waals surface area (Å²) in [7, 11) is 1.52. The van der Waals surface area contributed by atoms with E-state index in [4.69, 9.17) is 21.5 Å². The summed E-state index contributed by atoms with van der Waals surface area (Å²) in [5.74, 6) is 2.07. The van der Waals surface area contributed by atoms with E-state index in [2.05, 4.69) is 5.92 Å².